The van der Waals surface area contributed by atoms with Gasteiger partial charge in [-0.2, -0.15) is 0 Å². The molecule has 5 nitrogen and oxygen atoms in total. The number of hydrogen-bond acceptors (Lipinski definition) is 6. The number of amides is 1. The van der Waals surface area contributed by atoms with Gasteiger partial charge in [-0.1, -0.05) is 91.0 Å². The second-order valence-electron chi connectivity index (χ2n) is 9.18. The Kier molecular flexibility index (Phi) is 6.55. The van der Waals surface area contributed by atoms with Crippen LogP contribution in [0.1, 0.15) is 35.5 Å². The summed E-state index contributed by atoms with van der Waals surface area (Å²) in [6.45, 7) is 1.36. The van der Waals surface area contributed by atoms with Gasteiger partial charge in [-0.3, -0.25) is 9.59 Å². The number of benzene rings is 3. The summed E-state index contributed by atoms with van der Waals surface area (Å²) < 4.78 is 12.1. The van der Waals surface area contributed by atoms with Gasteiger partial charge < -0.3 is 14.5 Å². The molecular formula is C31H25NO4S2. The predicted octanol–water partition coefficient (Wildman–Crippen LogP) is 6.90. The lowest BCUT2D eigenvalue weighted by molar-refractivity contribution is -0.157. The molecule has 190 valence electrons. The van der Waals surface area contributed by atoms with Crippen LogP contribution >= 0.6 is 23.1 Å². The minimum absolute atomic E-state index is 0.170. The van der Waals surface area contributed by atoms with Gasteiger partial charge in [0, 0.05) is 13.0 Å². The molecule has 38 heavy (non-hydrogen) atoms. The van der Waals surface area contributed by atoms with Crippen LogP contribution in [0.2, 0.25) is 0 Å². The topological polar surface area (TPSA) is 68.5 Å². The van der Waals surface area contributed by atoms with Crippen LogP contribution in [0.4, 0.5) is 0 Å². The van der Waals surface area contributed by atoms with E-state index in [0.717, 1.165) is 27.0 Å². The third-order valence-electron chi connectivity index (χ3n) is 6.82. The zero-order valence-electron chi connectivity index (χ0n) is 20.6. The molecule has 6 rings (SSSR count). The Labute approximate surface area is 228 Å². The Morgan fingerprint density at radius 3 is 1.95 bits per heavy atom. The van der Waals surface area contributed by atoms with Gasteiger partial charge in [-0.15, -0.1) is 23.1 Å². The summed E-state index contributed by atoms with van der Waals surface area (Å²) in [7, 11) is 0. The molecule has 7 heteroatoms. The van der Waals surface area contributed by atoms with Crippen molar-refractivity contribution in [3.63, 3.8) is 0 Å². The first kappa shape index (κ1) is 24.5. The number of esters is 1. The van der Waals surface area contributed by atoms with Gasteiger partial charge in [0.05, 0.1) is 14.8 Å². The number of nitrogens with one attached hydrogen (secondary N) is 1. The number of carbonyl (C=O) groups excluding carboxylic acids is 2. The van der Waals surface area contributed by atoms with E-state index in [1.54, 1.807) is 23.1 Å². The van der Waals surface area contributed by atoms with E-state index in [9.17, 15) is 9.59 Å². The molecule has 3 atom stereocenters. The fraction of sp³-hybridized carbons (Fsp3) is 0.161. The number of thioether (sulfide) groups is 1. The molecule has 5 aromatic rings. The van der Waals surface area contributed by atoms with Crippen molar-refractivity contribution in [2.24, 2.45) is 5.92 Å². The highest BCUT2D eigenvalue weighted by Gasteiger charge is 2.53. The van der Waals surface area contributed by atoms with Gasteiger partial charge in [0.15, 0.2) is 6.10 Å². The summed E-state index contributed by atoms with van der Waals surface area (Å²) >= 11 is 3.19. The van der Waals surface area contributed by atoms with Crippen molar-refractivity contribution < 1.29 is 18.7 Å². The summed E-state index contributed by atoms with van der Waals surface area (Å²) in [5.41, 5.74) is 3.98. The quantitative estimate of drug-likeness (QED) is 0.132. The smallest absolute Gasteiger partial charge is 0.303 e. The van der Waals surface area contributed by atoms with Crippen molar-refractivity contribution in [1.29, 1.82) is 0 Å². The molecule has 0 radical (unpaired) electrons. The summed E-state index contributed by atoms with van der Waals surface area (Å²) in [5, 5.41) is 4.70. The lowest BCUT2D eigenvalue weighted by Gasteiger charge is -2.45. The predicted molar refractivity (Wildman–Crippen MR) is 151 cm³/mol. The molecule has 1 aliphatic rings. The van der Waals surface area contributed by atoms with E-state index in [-0.39, 0.29) is 11.3 Å². The number of furan rings is 1. The third-order valence-corrected chi connectivity index (χ3v) is 9.39. The molecule has 0 saturated carbocycles. The van der Waals surface area contributed by atoms with E-state index in [0.29, 0.717) is 5.76 Å². The molecule has 2 aromatic heterocycles. The lowest BCUT2D eigenvalue weighted by atomic mass is 9.84. The zero-order valence-corrected chi connectivity index (χ0v) is 22.2. The van der Waals surface area contributed by atoms with Crippen LogP contribution < -0.4 is 5.32 Å². The third kappa shape index (κ3) is 4.31. The number of ether oxygens (including phenoxy) is 1. The van der Waals surface area contributed by atoms with E-state index >= 15 is 0 Å². The largest absolute Gasteiger partial charge is 0.456 e. The Bertz CT molecular complexity index is 1440. The fourth-order valence-corrected chi connectivity index (χ4v) is 7.63. The first-order valence-corrected chi connectivity index (χ1v) is 14.1. The molecule has 3 aromatic carbocycles. The normalized spacial score (nSPS) is 18.0. The number of β-lactam (4-membered cyclic amide) rings is 1. The lowest BCUT2D eigenvalue weighted by Crippen LogP contribution is -2.60. The molecule has 1 amide bonds. The summed E-state index contributed by atoms with van der Waals surface area (Å²) in [6, 6.07) is 34.7. The van der Waals surface area contributed by atoms with Crippen LogP contribution in [0.5, 0.6) is 0 Å². The molecule has 3 heterocycles. The van der Waals surface area contributed by atoms with Crippen molar-refractivity contribution in [3.8, 4) is 0 Å². The molecule has 0 spiro atoms. The molecule has 3 unspecified atom stereocenters. The van der Waals surface area contributed by atoms with Gasteiger partial charge in [0.2, 0.25) is 5.91 Å². The number of thiophene rings is 1. The number of rotatable bonds is 8. The van der Waals surface area contributed by atoms with Crippen molar-refractivity contribution in [2.75, 3.05) is 0 Å². The summed E-state index contributed by atoms with van der Waals surface area (Å²) in [4.78, 5) is 25.3. The molecule has 0 aliphatic carbocycles. The van der Waals surface area contributed by atoms with Crippen LogP contribution in [0.15, 0.2) is 113 Å². The average Bonchev–Trinajstić information content (AvgIpc) is 3.55. The average molecular weight is 540 g/mol. The van der Waals surface area contributed by atoms with Gasteiger partial charge in [-0.05, 0) is 28.1 Å². The van der Waals surface area contributed by atoms with Gasteiger partial charge in [-0.25, -0.2) is 0 Å². The van der Waals surface area contributed by atoms with Crippen LogP contribution in [-0.2, 0) is 19.1 Å². The van der Waals surface area contributed by atoms with E-state index < -0.39 is 22.7 Å². The van der Waals surface area contributed by atoms with Crippen LogP contribution in [0, 0.1) is 5.92 Å². The standard InChI is InChI=1S/C31H25NO4S2/c1-20(33)35-28(25-19-26-24(36-25)17-18-37-26)27-29(34)32-30(27)38-31(21-11-5-2-6-12-21,22-13-7-3-8-14-22)23-15-9-4-10-16-23/h2-19,27-28,30H,1H3,(H,32,34). The maximum atomic E-state index is 13.1. The van der Waals surface area contributed by atoms with Crippen molar-refractivity contribution >= 4 is 45.3 Å². The van der Waals surface area contributed by atoms with Crippen LogP contribution in [0.25, 0.3) is 10.3 Å². The second kappa shape index (κ2) is 10.2. The Balaban J connectivity index is 1.46. The highest BCUT2D eigenvalue weighted by Crippen LogP contribution is 2.54. The highest BCUT2D eigenvalue weighted by atomic mass is 32.2. The molecular weight excluding hydrogens is 514 g/mol. The van der Waals surface area contributed by atoms with E-state index in [4.69, 9.17) is 9.15 Å². The van der Waals surface area contributed by atoms with Crippen molar-refractivity contribution in [1.82, 2.24) is 5.32 Å². The second-order valence-corrected chi connectivity index (χ2v) is 11.5. The maximum absolute atomic E-state index is 13.1. The maximum Gasteiger partial charge on any atom is 0.303 e. The number of fused-ring (bicyclic) bond motifs is 1. The monoisotopic (exact) mass is 539 g/mol. The van der Waals surface area contributed by atoms with Crippen LogP contribution in [-0.4, -0.2) is 17.3 Å². The molecule has 1 N–H and O–H groups in total. The highest BCUT2D eigenvalue weighted by molar-refractivity contribution is 8.01. The fourth-order valence-electron chi connectivity index (χ4n) is 5.09. The Morgan fingerprint density at radius 1 is 0.921 bits per heavy atom. The summed E-state index contributed by atoms with van der Waals surface area (Å²) in [6.07, 6.45) is -0.835. The van der Waals surface area contributed by atoms with E-state index in [1.807, 2.05) is 72.1 Å². The van der Waals surface area contributed by atoms with E-state index in [1.165, 1.54) is 6.92 Å². The van der Waals surface area contributed by atoms with Crippen LogP contribution in [0.3, 0.4) is 0 Å². The Morgan fingerprint density at radius 2 is 1.47 bits per heavy atom. The Hall–Kier alpha value is -3.81. The van der Waals surface area contributed by atoms with Crippen molar-refractivity contribution in [3.05, 3.63) is 131 Å². The minimum Gasteiger partial charge on any atom is -0.456 e. The number of carbonyl (C=O) groups is 2. The molecule has 0 bridgehead atoms. The molecule has 1 aliphatic heterocycles. The minimum atomic E-state index is -0.835. The number of hydrogen-bond donors (Lipinski definition) is 1. The first-order valence-electron chi connectivity index (χ1n) is 12.4. The van der Waals surface area contributed by atoms with Gasteiger partial charge in [0.25, 0.3) is 0 Å². The summed E-state index contributed by atoms with van der Waals surface area (Å²) in [5.74, 6) is -0.771. The van der Waals surface area contributed by atoms with Crippen molar-refractivity contribution in [2.45, 2.75) is 23.1 Å². The van der Waals surface area contributed by atoms with Gasteiger partial charge >= 0.3 is 5.97 Å². The zero-order chi connectivity index (χ0) is 26.1. The van der Waals surface area contributed by atoms with Gasteiger partial charge in [0.1, 0.15) is 17.3 Å². The SMILES string of the molecule is CC(=O)OC(c1cc2sccc2o1)C1C(=O)NC1SC(c1ccccc1)(c1ccccc1)c1ccccc1. The van der Waals surface area contributed by atoms with E-state index in [2.05, 4.69) is 41.7 Å². The molecule has 1 fully saturated rings. The first-order chi connectivity index (χ1) is 18.6. The molecule has 1 saturated heterocycles.